The average molecular weight is 541 g/mol. The maximum absolute atomic E-state index is 12.0. The zero-order valence-electron chi connectivity index (χ0n) is 23.7. The second kappa shape index (κ2) is 15.5. The molecule has 1 saturated heterocycles. The topological polar surface area (TPSA) is 140 Å². The Morgan fingerprint density at radius 1 is 0.974 bits per heavy atom. The highest BCUT2D eigenvalue weighted by molar-refractivity contribution is 5.66. The molecular weight excluding hydrogens is 488 g/mol. The van der Waals surface area contributed by atoms with E-state index in [0.717, 1.165) is 57.9 Å². The highest BCUT2D eigenvalue weighted by Gasteiger charge is 2.41. The predicted molar refractivity (Wildman–Crippen MR) is 144 cm³/mol. The number of nitrogens with two attached hydrogens (primary N) is 1. The van der Waals surface area contributed by atoms with Crippen molar-refractivity contribution in [1.82, 2.24) is 5.32 Å². The molecular formula is C29H52N2O7. The molecule has 1 heterocycles. The SMILES string of the molecule is COC1CC(CCC(CC(CC2CCCCC2CO)OC(C)=O)OC(C)=O)C(C2CCNC(N)C2)CC1O. The van der Waals surface area contributed by atoms with Crippen molar-refractivity contribution < 1.29 is 34.0 Å². The lowest BCUT2D eigenvalue weighted by Crippen LogP contribution is -2.49. The van der Waals surface area contributed by atoms with Crippen LogP contribution in [0.2, 0.25) is 0 Å². The first kappa shape index (κ1) is 31.3. The van der Waals surface area contributed by atoms with Crippen LogP contribution in [0.1, 0.15) is 90.9 Å². The number of aliphatic hydroxyl groups is 2. The lowest BCUT2D eigenvalue weighted by atomic mass is 9.66. The Morgan fingerprint density at radius 3 is 2.29 bits per heavy atom. The molecule has 9 nitrogen and oxygen atoms in total. The molecule has 10 atom stereocenters. The number of nitrogens with one attached hydrogen (secondary N) is 1. The molecule has 0 aromatic carbocycles. The minimum absolute atomic E-state index is 0.0208. The van der Waals surface area contributed by atoms with Crippen LogP contribution >= 0.6 is 0 Å². The zero-order valence-corrected chi connectivity index (χ0v) is 23.7. The fourth-order valence-corrected chi connectivity index (χ4v) is 7.54. The third-order valence-electron chi connectivity index (χ3n) is 9.39. The monoisotopic (exact) mass is 540 g/mol. The number of methoxy groups -OCH3 is 1. The molecule has 38 heavy (non-hydrogen) atoms. The van der Waals surface area contributed by atoms with E-state index in [-0.39, 0.29) is 48.9 Å². The Kier molecular flexibility index (Phi) is 12.8. The second-order valence-corrected chi connectivity index (χ2v) is 12.1. The fourth-order valence-electron chi connectivity index (χ4n) is 7.54. The lowest BCUT2D eigenvalue weighted by Gasteiger charge is -2.45. The van der Waals surface area contributed by atoms with Gasteiger partial charge >= 0.3 is 11.9 Å². The van der Waals surface area contributed by atoms with E-state index in [4.69, 9.17) is 19.9 Å². The largest absolute Gasteiger partial charge is 0.462 e. The number of rotatable bonds is 12. The molecule has 10 unspecified atom stereocenters. The van der Waals surface area contributed by atoms with Crippen LogP contribution in [0.15, 0.2) is 0 Å². The van der Waals surface area contributed by atoms with Crippen molar-refractivity contribution in [2.45, 2.75) is 121 Å². The molecule has 2 saturated carbocycles. The molecule has 0 radical (unpaired) electrons. The highest BCUT2D eigenvalue weighted by Crippen LogP contribution is 2.43. The van der Waals surface area contributed by atoms with Gasteiger partial charge in [0.15, 0.2) is 0 Å². The summed E-state index contributed by atoms with van der Waals surface area (Å²) in [6.07, 6.45) is 8.86. The first-order valence-electron chi connectivity index (χ1n) is 14.8. The van der Waals surface area contributed by atoms with E-state index >= 15 is 0 Å². The molecule has 3 aliphatic rings. The third kappa shape index (κ3) is 9.44. The normalized spacial score (nSPS) is 35.7. The van der Waals surface area contributed by atoms with Crippen molar-refractivity contribution in [3.05, 3.63) is 0 Å². The molecule has 2 aliphatic carbocycles. The number of esters is 2. The van der Waals surface area contributed by atoms with E-state index in [9.17, 15) is 19.8 Å². The molecule has 3 rings (SSSR count). The molecule has 0 aromatic heterocycles. The van der Waals surface area contributed by atoms with E-state index in [1.54, 1.807) is 7.11 Å². The van der Waals surface area contributed by atoms with Crippen LogP contribution in [0, 0.1) is 29.6 Å². The van der Waals surface area contributed by atoms with Gasteiger partial charge in [0.05, 0.1) is 18.4 Å². The molecule has 3 fully saturated rings. The number of carbonyl (C=O) groups is 2. The van der Waals surface area contributed by atoms with Gasteiger partial charge in [-0.2, -0.15) is 0 Å². The Labute approximate surface area is 228 Å². The van der Waals surface area contributed by atoms with E-state index in [1.807, 2.05) is 0 Å². The van der Waals surface area contributed by atoms with Crippen LogP contribution in [0.4, 0.5) is 0 Å². The smallest absolute Gasteiger partial charge is 0.302 e. The first-order chi connectivity index (χ1) is 18.2. The molecule has 0 amide bonds. The summed E-state index contributed by atoms with van der Waals surface area (Å²) in [6.45, 7) is 3.88. The summed E-state index contributed by atoms with van der Waals surface area (Å²) < 4.78 is 17.1. The number of ether oxygens (including phenoxy) is 3. The van der Waals surface area contributed by atoms with Gasteiger partial charge in [0, 0.05) is 34.0 Å². The van der Waals surface area contributed by atoms with Crippen molar-refractivity contribution in [2.75, 3.05) is 20.3 Å². The molecule has 9 heteroatoms. The minimum atomic E-state index is -0.486. The summed E-state index contributed by atoms with van der Waals surface area (Å²) in [7, 11) is 1.65. The summed E-state index contributed by atoms with van der Waals surface area (Å²) >= 11 is 0. The maximum atomic E-state index is 12.0. The third-order valence-corrected chi connectivity index (χ3v) is 9.39. The second-order valence-electron chi connectivity index (χ2n) is 12.1. The zero-order chi connectivity index (χ0) is 27.7. The van der Waals surface area contributed by atoms with Gasteiger partial charge in [-0.25, -0.2) is 0 Å². The van der Waals surface area contributed by atoms with Gasteiger partial charge in [-0.1, -0.05) is 12.8 Å². The number of piperidine rings is 1. The van der Waals surface area contributed by atoms with Crippen LogP contribution in [-0.2, 0) is 23.8 Å². The molecule has 0 aromatic rings. The van der Waals surface area contributed by atoms with Gasteiger partial charge in [0.1, 0.15) is 12.2 Å². The molecule has 5 N–H and O–H groups in total. The van der Waals surface area contributed by atoms with Crippen molar-refractivity contribution in [2.24, 2.45) is 35.3 Å². The number of hydrogen-bond donors (Lipinski definition) is 4. The number of carbonyl (C=O) groups excluding carboxylic acids is 2. The summed E-state index contributed by atoms with van der Waals surface area (Å²) in [5.41, 5.74) is 6.22. The summed E-state index contributed by atoms with van der Waals surface area (Å²) in [5, 5.41) is 23.9. The Morgan fingerprint density at radius 2 is 1.66 bits per heavy atom. The number of hydrogen-bond acceptors (Lipinski definition) is 9. The maximum Gasteiger partial charge on any atom is 0.302 e. The Balaban J connectivity index is 1.69. The number of aliphatic hydroxyl groups excluding tert-OH is 2. The van der Waals surface area contributed by atoms with E-state index < -0.39 is 6.10 Å². The van der Waals surface area contributed by atoms with E-state index in [0.29, 0.717) is 49.4 Å². The first-order valence-corrected chi connectivity index (χ1v) is 14.8. The van der Waals surface area contributed by atoms with Gasteiger partial charge in [-0.05, 0) is 93.9 Å². The molecule has 0 bridgehead atoms. The predicted octanol–water partition coefficient (Wildman–Crippen LogP) is 2.90. The van der Waals surface area contributed by atoms with Crippen LogP contribution in [0.25, 0.3) is 0 Å². The Bertz CT molecular complexity index is 738. The van der Waals surface area contributed by atoms with Crippen LogP contribution < -0.4 is 11.1 Å². The lowest BCUT2D eigenvalue weighted by molar-refractivity contribution is -0.154. The standard InChI is InChI=1S/C29H52N2O7/c1-18(33)37-24(15-25(38-19(2)34)12-20-6-4-5-7-23(20)17-32)9-8-21-13-28(36-3)27(35)16-26(21)22-10-11-31-29(30)14-22/h20-29,31-32,35H,4-17,30H2,1-3H3. The van der Waals surface area contributed by atoms with E-state index in [1.165, 1.54) is 13.8 Å². The van der Waals surface area contributed by atoms with Gasteiger partial charge in [0.2, 0.25) is 0 Å². The van der Waals surface area contributed by atoms with Crippen molar-refractivity contribution in [3.63, 3.8) is 0 Å². The van der Waals surface area contributed by atoms with Gasteiger partial charge in [0.25, 0.3) is 0 Å². The van der Waals surface area contributed by atoms with E-state index in [2.05, 4.69) is 5.32 Å². The van der Waals surface area contributed by atoms with Crippen molar-refractivity contribution in [1.29, 1.82) is 0 Å². The Hall–Kier alpha value is -1.26. The molecule has 1 aliphatic heterocycles. The fraction of sp³-hybridized carbons (Fsp3) is 0.931. The summed E-state index contributed by atoms with van der Waals surface area (Å²) in [4.78, 5) is 24.0. The summed E-state index contributed by atoms with van der Waals surface area (Å²) in [6, 6.07) is 0. The quantitative estimate of drug-likeness (QED) is 0.275. The summed E-state index contributed by atoms with van der Waals surface area (Å²) in [5.74, 6) is 0.945. The van der Waals surface area contributed by atoms with Crippen molar-refractivity contribution in [3.8, 4) is 0 Å². The minimum Gasteiger partial charge on any atom is -0.462 e. The van der Waals surface area contributed by atoms with Crippen molar-refractivity contribution >= 4 is 11.9 Å². The highest BCUT2D eigenvalue weighted by atomic mass is 16.6. The van der Waals surface area contributed by atoms with Crippen LogP contribution in [0.3, 0.4) is 0 Å². The van der Waals surface area contributed by atoms with Gasteiger partial charge in [-0.15, -0.1) is 0 Å². The van der Waals surface area contributed by atoms with Crippen LogP contribution in [-0.4, -0.2) is 73.0 Å². The van der Waals surface area contributed by atoms with Gasteiger partial charge < -0.3 is 35.5 Å². The molecule has 220 valence electrons. The van der Waals surface area contributed by atoms with Gasteiger partial charge in [-0.3, -0.25) is 9.59 Å². The van der Waals surface area contributed by atoms with Crippen LogP contribution in [0.5, 0.6) is 0 Å². The molecule has 0 spiro atoms. The average Bonchev–Trinajstić information content (AvgIpc) is 2.87.